The van der Waals surface area contributed by atoms with Crippen molar-refractivity contribution >= 4 is 23.8 Å². The third-order valence-electron chi connectivity index (χ3n) is 2.99. The number of aliphatic carboxylic acids is 2. The highest BCUT2D eigenvalue weighted by Crippen LogP contribution is 2.03. The molecule has 2 amide bonds. The van der Waals surface area contributed by atoms with Gasteiger partial charge in [0.1, 0.15) is 18.1 Å². The Kier molecular flexibility index (Phi) is 8.76. The van der Waals surface area contributed by atoms with Crippen LogP contribution < -0.4 is 16.4 Å². The van der Waals surface area contributed by atoms with E-state index in [2.05, 4.69) is 10.6 Å². The number of carbonyl (C=O) groups excluding carboxylic acids is 2. The van der Waals surface area contributed by atoms with Crippen molar-refractivity contribution in [2.75, 3.05) is 0 Å². The van der Waals surface area contributed by atoms with Crippen molar-refractivity contribution in [3.63, 3.8) is 0 Å². The molecule has 0 aliphatic carbocycles. The number of rotatable bonds is 10. The van der Waals surface area contributed by atoms with Gasteiger partial charge in [0, 0.05) is 6.42 Å². The van der Waals surface area contributed by atoms with Gasteiger partial charge in [0.2, 0.25) is 11.8 Å². The Labute approximate surface area is 128 Å². The summed E-state index contributed by atoms with van der Waals surface area (Å²) in [5.41, 5.74) is 5.32. The van der Waals surface area contributed by atoms with E-state index in [0.29, 0.717) is 12.8 Å². The third-order valence-corrected chi connectivity index (χ3v) is 2.99. The van der Waals surface area contributed by atoms with Crippen molar-refractivity contribution in [1.82, 2.24) is 10.6 Å². The minimum absolute atomic E-state index is 0.137. The summed E-state index contributed by atoms with van der Waals surface area (Å²) in [7, 11) is 0. The monoisotopic (exact) mass is 317 g/mol. The number of carbonyl (C=O) groups is 4. The van der Waals surface area contributed by atoms with Crippen molar-refractivity contribution < 1.29 is 29.4 Å². The molecule has 0 aromatic heterocycles. The molecule has 22 heavy (non-hydrogen) atoms. The quantitative estimate of drug-likeness (QED) is 0.325. The molecule has 9 heteroatoms. The van der Waals surface area contributed by atoms with Crippen LogP contribution in [0.5, 0.6) is 0 Å². The van der Waals surface area contributed by atoms with Gasteiger partial charge in [-0.3, -0.25) is 19.2 Å². The molecule has 0 aliphatic rings. The van der Waals surface area contributed by atoms with Crippen LogP contribution >= 0.6 is 0 Å². The van der Waals surface area contributed by atoms with Gasteiger partial charge in [0.05, 0.1) is 0 Å². The van der Waals surface area contributed by atoms with Crippen LogP contribution in [-0.4, -0.2) is 52.1 Å². The Balaban J connectivity index is 3.98. The average Bonchev–Trinajstić information content (AvgIpc) is 2.42. The van der Waals surface area contributed by atoms with E-state index in [1.54, 1.807) is 0 Å². The number of hydrogen-bond acceptors (Lipinski definition) is 5. The Bertz CT molecular complexity index is 426. The topological polar surface area (TPSA) is 159 Å². The molecule has 0 saturated heterocycles. The van der Waals surface area contributed by atoms with E-state index in [4.69, 9.17) is 15.9 Å². The lowest BCUT2D eigenvalue weighted by Gasteiger charge is -2.16. The fourth-order valence-electron chi connectivity index (χ4n) is 1.55. The fraction of sp³-hybridized carbons (Fsp3) is 0.692. The second kappa shape index (κ2) is 9.72. The van der Waals surface area contributed by atoms with Crippen molar-refractivity contribution in [2.24, 2.45) is 5.73 Å². The Morgan fingerprint density at radius 3 is 2.05 bits per heavy atom. The van der Waals surface area contributed by atoms with Crippen LogP contribution in [0.3, 0.4) is 0 Å². The van der Waals surface area contributed by atoms with Gasteiger partial charge in [-0.1, -0.05) is 6.42 Å². The molecule has 126 valence electrons. The summed E-state index contributed by atoms with van der Waals surface area (Å²) in [4.78, 5) is 44.3. The van der Waals surface area contributed by atoms with Crippen molar-refractivity contribution in [3.8, 4) is 0 Å². The summed E-state index contributed by atoms with van der Waals surface area (Å²) in [6.07, 6.45) is 1.34. The van der Waals surface area contributed by atoms with Crippen molar-refractivity contribution in [2.45, 2.75) is 57.7 Å². The summed E-state index contributed by atoms with van der Waals surface area (Å²) in [5, 5.41) is 21.9. The highest BCUT2D eigenvalue weighted by atomic mass is 16.4. The average molecular weight is 317 g/mol. The number of hydrogen-bond donors (Lipinski definition) is 5. The van der Waals surface area contributed by atoms with Crippen molar-refractivity contribution in [3.05, 3.63) is 0 Å². The molecule has 0 bridgehead atoms. The van der Waals surface area contributed by atoms with Gasteiger partial charge in [0.25, 0.3) is 0 Å². The SMILES string of the molecule is CC(NC(=O)C(C)NC(=O)CCCCC(N)C(=O)O)C(=O)O. The van der Waals surface area contributed by atoms with Gasteiger partial charge in [-0.25, -0.2) is 0 Å². The molecule has 0 aromatic carbocycles. The van der Waals surface area contributed by atoms with E-state index in [-0.39, 0.29) is 18.7 Å². The Hall–Kier alpha value is -2.16. The summed E-state index contributed by atoms with van der Waals surface area (Å²) in [6, 6.07) is -2.83. The minimum Gasteiger partial charge on any atom is -0.480 e. The number of amides is 2. The molecule has 6 N–H and O–H groups in total. The lowest BCUT2D eigenvalue weighted by molar-refractivity contribution is -0.141. The zero-order valence-electron chi connectivity index (χ0n) is 12.7. The van der Waals surface area contributed by atoms with Gasteiger partial charge in [-0.15, -0.1) is 0 Å². The van der Waals surface area contributed by atoms with E-state index >= 15 is 0 Å². The standard InChI is InChI=1S/C13H23N3O6/c1-7(11(18)16-8(2)12(19)20)15-10(17)6-4-3-5-9(14)13(21)22/h7-9H,3-6,14H2,1-2H3,(H,15,17)(H,16,18)(H,19,20)(H,21,22). The van der Waals surface area contributed by atoms with Gasteiger partial charge in [-0.05, 0) is 26.7 Å². The van der Waals surface area contributed by atoms with Crippen LogP contribution in [0.2, 0.25) is 0 Å². The molecular weight excluding hydrogens is 294 g/mol. The second-order valence-electron chi connectivity index (χ2n) is 5.05. The lowest BCUT2D eigenvalue weighted by Crippen LogP contribution is -2.49. The van der Waals surface area contributed by atoms with Crippen LogP contribution in [-0.2, 0) is 19.2 Å². The highest BCUT2D eigenvalue weighted by molar-refractivity contribution is 5.89. The summed E-state index contributed by atoms with van der Waals surface area (Å²) in [6.45, 7) is 2.77. The number of carboxylic acid groups (broad SMARTS) is 2. The molecule has 3 unspecified atom stereocenters. The van der Waals surface area contributed by atoms with E-state index in [1.165, 1.54) is 13.8 Å². The van der Waals surface area contributed by atoms with Crippen LogP contribution in [0.4, 0.5) is 0 Å². The summed E-state index contributed by atoms with van der Waals surface area (Å²) < 4.78 is 0. The van der Waals surface area contributed by atoms with Gasteiger partial charge >= 0.3 is 11.9 Å². The normalized spacial score (nSPS) is 14.5. The first-order chi connectivity index (χ1) is 10.1. The fourth-order valence-corrected chi connectivity index (χ4v) is 1.55. The first-order valence-electron chi connectivity index (χ1n) is 6.96. The maximum Gasteiger partial charge on any atom is 0.325 e. The van der Waals surface area contributed by atoms with Crippen LogP contribution in [0, 0.1) is 0 Å². The molecule has 0 rings (SSSR count). The molecule has 0 aromatic rings. The Morgan fingerprint density at radius 2 is 1.55 bits per heavy atom. The van der Waals surface area contributed by atoms with Crippen LogP contribution in [0.15, 0.2) is 0 Å². The molecule has 3 atom stereocenters. The smallest absolute Gasteiger partial charge is 0.325 e. The van der Waals surface area contributed by atoms with Crippen LogP contribution in [0.25, 0.3) is 0 Å². The molecule has 0 aliphatic heterocycles. The molecule has 0 fully saturated rings. The van der Waals surface area contributed by atoms with E-state index < -0.39 is 36.0 Å². The number of nitrogens with two attached hydrogens (primary N) is 1. The maximum atomic E-state index is 11.6. The predicted molar refractivity (Wildman–Crippen MR) is 76.9 cm³/mol. The predicted octanol–water partition coefficient (Wildman–Crippen LogP) is -0.947. The van der Waals surface area contributed by atoms with Crippen molar-refractivity contribution in [1.29, 1.82) is 0 Å². The first-order valence-corrected chi connectivity index (χ1v) is 6.96. The van der Waals surface area contributed by atoms with Gasteiger partial charge in [0.15, 0.2) is 0 Å². The zero-order chi connectivity index (χ0) is 17.3. The third kappa shape index (κ3) is 8.20. The first kappa shape index (κ1) is 19.8. The second-order valence-corrected chi connectivity index (χ2v) is 5.05. The van der Waals surface area contributed by atoms with Crippen LogP contribution in [0.1, 0.15) is 39.5 Å². The molecule has 0 heterocycles. The molecule has 0 radical (unpaired) electrons. The molecule has 0 saturated carbocycles. The van der Waals surface area contributed by atoms with Gasteiger partial charge in [-0.2, -0.15) is 0 Å². The van der Waals surface area contributed by atoms with E-state index in [9.17, 15) is 19.2 Å². The number of unbranched alkanes of at least 4 members (excludes halogenated alkanes) is 1. The number of carboxylic acids is 2. The van der Waals surface area contributed by atoms with E-state index in [0.717, 1.165) is 0 Å². The highest BCUT2D eigenvalue weighted by Gasteiger charge is 2.20. The molecule has 9 nitrogen and oxygen atoms in total. The molecular formula is C13H23N3O6. The largest absolute Gasteiger partial charge is 0.480 e. The Morgan fingerprint density at radius 1 is 0.955 bits per heavy atom. The lowest BCUT2D eigenvalue weighted by atomic mass is 10.1. The summed E-state index contributed by atoms with van der Waals surface area (Å²) in [5.74, 6) is -3.20. The van der Waals surface area contributed by atoms with Gasteiger partial charge < -0.3 is 26.6 Å². The zero-order valence-corrected chi connectivity index (χ0v) is 12.7. The van der Waals surface area contributed by atoms with E-state index in [1.807, 2.05) is 0 Å². The number of nitrogens with one attached hydrogen (secondary N) is 2. The molecule has 0 spiro atoms. The minimum atomic E-state index is -1.17. The maximum absolute atomic E-state index is 11.6. The summed E-state index contributed by atoms with van der Waals surface area (Å²) >= 11 is 0.